The SMILES string of the molecule is CC[S+]([O-])CC(=O)C(C)(C)C. The maximum atomic E-state index is 11.2. The van der Waals surface area contributed by atoms with E-state index in [2.05, 4.69) is 0 Å². The molecule has 0 aromatic rings. The largest absolute Gasteiger partial charge is 0.616 e. The Morgan fingerprint density at radius 2 is 1.91 bits per heavy atom. The van der Waals surface area contributed by atoms with Gasteiger partial charge in [0, 0.05) is 5.41 Å². The third-order valence-corrected chi connectivity index (χ3v) is 2.68. The van der Waals surface area contributed by atoms with Gasteiger partial charge in [-0.3, -0.25) is 4.79 Å². The van der Waals surface area contributed by atoms with Crippen LogP contribution >= 0.6 is 0 Å². The molecule has 0 N–H and O–H groups in total. The lowest BCUT2D eigenvalue weighted by molar-refractivity contribution is -0.123. The molecule has 0 heterocycles. The predicted molar refractivity (Wildman–Crippen MR) is 48.0 cm³/mol. The summed E-state index contributed by atoms with van der Waals surface area (Å²) in [5.74, 6) is 0.861. The Bertz CT molecular complexity index is 138. The van der Waals surface area contributed by atoms with Crippen LogP contribution in [0.1, 0.15) is 27.7 Å². The van der Waals surface area contributed by atoms with Crippen LogP contribution in [0.2, 0.25) is 0 Å². The molecule has 0 saturated heterocycles. The summed E-state index contributed by atoms with van der Waals surface area (Å²) in [5, 5.41) is 0. The topological polar surface area (TPSA) is 40.1 Å². The molecule has 1 atom stereocenters. The Labute approximate surface area is 71.5 Å². The van der Waals surface area contributed by atoms with Crippen molar-refractivity contribution in [3.8, 4) is 0 Å². The van der Waals surface area contributed by atoms with Crippen LogP contribution in [0.25, 0.3) is 0 Å². The van der Waals surface area contributed by atoms with Gasteiger partial charge in [0.25, 0.3) is 0 Å². The summed E-state index contributed by atoms with van der Waals surface area (Å²) in [7, 11) is 0. The minimum Gasteiger partial charge on any atom is -0.616 e. The molecule has 0 amide bonds. The lowest BCUT2D eigenvalue weighted by Crippen LogP contribution is -2.28. The lowest BCUT2D eigenvalue weighted by Gasteiger charge is -2.17. The average molecular weight is 176 g/mol. The summed E-state index contributed by atoms with van der Waals surface area (Å²) in [6.45, 7) is 7.37. The van der Waals surface area contributed by atoms with Crippen LogP contribution < -0.4 is 0 Å². The highest BCUT2D eigenvalue weighted by atomic mass is 32.2. The molecule has 0 aliphatic rings. The zero-order chi connectivity index (χ0) is 9.07. The first kappa shape index (κ1) is 11.0. The van der Waals surface area contributed by atoms with Crippen molar-refractivity contribution in [3.05, 3.63) is 0 Å². The van der Waals surface area contributed by atoms with Gasteiger partial charge in [0.2, 0.25) is 0 Å². The quantitative estimate of drug-likeness (QED) is 0.609. The summed E-state index contributed by atoms with van der Waals surface area (Å²) in [5.41, 5.74) is -0.342. The number of ketones is 1. The summed E-state index contributed by atoms with van der Waals surface area (Å²) in [4.78, 5) is 11.2. The third-order valence-electron chi connectivity index (χ3n) is 1.45. The summed E-state index contributed by atoms with van der Waals surface area (Å²) in [6.07, 6.45) is 0. The average Bonchev–Trinajstić information content (AvgIpc) is 1.85. The predicted octanol–water partition coefficient (Wildman–Crippen LogP) is 1.37. The van der Waals surface area contributed by atoms with E-state index >= 15 is 0 Å². The fourth-order valence-corrected chi connectivity index (χ4v) is 1.39. The Kier molecular flexibility index (Phi) is 4.11. The van der Waals surface area contributed by atoms with E-state index in [0.29, 0.717) is 5.75 Å². The van der Waals surface area contributed by atoms with Crippen molar-refractivity contribution in [3.63, 3.8) is 0 Å². The summed E-state index contributed by atoms with van der Waals surface area (Å²) in [6, 6.07) is 0. The molecule has 0 saturated carbocycles. The molecule has 0 aliphatic carbocycles. The molecular formula is C8H16O2S. The van der Waals surface area contributed by atoms with E-state index in [0.717, 1.165) is 0 Å². The van der Waals surface area contributed by atoms with Crippen molar-refractivity contribution in [2.45, 2.75) is 27.7 Å². The van der Waals surface area contributed by atoms with Crippen LogP contribution in [0.15, 0.2) is 0 Å². The first-order valence-corrected chi connectivity index (χ1v) is 5.25. The molecule has 0 rings (SSSR count). The molecule has 0 radical (unpaired) electrons. The number of carbonyl (C=O) groups is 1. The molecular weight excluding hydrogens is 160 g/mol. The molecule has 1 unspecified atom stereocenters. The minimum atomic E-state index is -0.953. The zero-order valence-electron chi connectivity index (χ0n) is 7.64. The maximum Gasteiger partial charge on any atom is 0.187 e. The van der Waals surface area contributed by atoms with Crippen molar-refractivity contribution >= 4 is 17.0 Å². The standard InChI is InChI=1S/C8H16O2S/c1-5-11(10)6-7(9)8(2,3)4/h5-6H2,1-4H3. The monoisotopic (exact) mass is 176 g/mol. The molecule has 0 spiro atoms. The van der Waals surface area contributed by atoms with Gasteiger partial charge >= 0.3 is 0 Å². The normalized spacial score (nSPS) is 14.6. The van der Waals surface area contributed by atoms with Crippen molar-refractivity contribution in [1.29, 1.82) is 0 Å². The Morgan fingerprint density at radius 1 is 1.45 bits per heavy atom. The van der Waals surface area contributed by atoms with E-state index in [1.807, 2.05) is 27.7 Å². The molecule has 3 heteroatoms. The molecule has 2 nitrogen and oxygen atoms in total. The smallest absolute Gasteiger partial charge is 0.187 e. The van der Waals surface area contributed by atoms with Crippen molar-refractivity contribution in [1.82, 2.24) is 0 Å². The highest BCUT2D eigenvalue weighted by Gasteiger charge is 2.24. The van der Waals surface area contributed by atoms with Gasteiger partial charge in [0.15, 0.2) is 11.5 Å². The highest BCUT2D eigenvalue weighted by molar-refractivity contribution is 7.92. The first-order chi connectivity index (χ1) is 4.88. The van der Waals surface area contributed by atoms with Gasteiger partial charge in [-0.25, -0.2) is 0 Å². The van der Waals surface area contributed by atoms with Gasteiger partial charge in [0.1, 0.15) is 5.75 Å². The van der Waals surface area contributed by atoms with Gasteiger partial charge < -0.3 is 4.55 Å². The third kappa shape index (κ3) is 4.43. The summed E-state index contributed by atoms with van der Waals surface area (Å²) >= 11 is -0.953. The summed E-state index contributed by atoms with van der Waals surface area (Å²) < 4.78 is 11.0. The van der Waals surface area contributed by atoms with Crippen molar-refractivity contribution in [2.75, 3.05) is 11.5 Å². The maximum absolute atomic E-state index is 11.2. The van der Waals surface area contributed by atoms with E-state index in [1.165, 1.54) is 0 Å². The highest BCUT2D eigenvalue weighted by Crippen LogP contribution is 2.15. The van der Waals surface area contributed by atoms with Crippen LogP contribution in [0, 0.1) is 5.41 Å². The zero-order valence-corrected chi connectivity index (χ0v) is 8.46. The van der Waals surface area contributed by atoms with E-state index in [-0.39, 0.29) is 17.0 Å². The number of carbonyl (C=O) groups excluding carboxylic acids is 1. The van der Waals surface area contributed by atoms with E-state index in [9.17, 15) is 9.35 Å². The minimum absolute atomic E-state index is 0.0812. The molecule has 0 fully saturated rings. The molecule has 11 heavy (non-hydrogen) atoms. The molecule has 0 aromatic carbocycles. The van der Waals surface area contributed by atoms with E-state index < -0.39 is 11.2 Å². The number of rotatable bonds is 3. The van der Waals surface area contributed by atoms with Gasteiger partial charge in [-0.05, 0) is 18.1 Å². The number of hydrogen-bond donors (Lipinski definition) is 0. The van der Waals surface area contributed by atoms with Crippen molar-refractivity contribution < 1.29 is 9.35 Å². The molecule has 0 aromatic heterocycles. The second-order valence-corrected chi connectivity index (χ2v) is 5.29. The molecule has 0 aliphatic heterocycles. The lowest BCUT2D eigenvalue weighted by atomic mass is 9.92. The van der Waals surface area contributed by atoms with E-state index in [4.69, 9.17) is 0 Å². The number of Topliss-reactive ketones (excluding diaryl/α,β-unsaturated/α-hetero) is 1. The molecule has 66 valence electrons. The fourth-order valence-electron chi connectivity index (χ4n) is 0.465. The Hall–Kier alpha value is -0.0200. The van der Waals surface area contributed by atoms with Crippen molar-refractivity contribution in [2.24, 2.45) is 5.41 Å². The van der Waals surface area contributed by atoms with Crippen LogP contribution in [0.5, 0.6) is 0 Å². The van der Waals surface area contributed by atoms with Crippen LogP contribution in [-0.2, 0) is 16.0 Å². The van der Waals surface area contributed by atoms with Gasteiger partial charge in [-0.2, -0.15) is 0 Å². The number of hydrogen-bond acceptors (Lipinski definition) is 2. The fraction of sp³-hybridized carbons (Fsp3) is 0.875. The van der Waals surface area contributed by atoms with Crippen LogP contribution in [0.3, 0.4) is 0 Å². The second-order valence-electron chi connectivity index (χ2n) is 3.55. The second kappa shape index (κ2) is 4.12. The van der Waals surface area contributed by atoms with Crippen LogP contribution in [0.4, 0.5) is 0 Å². The Morgan fingerprint density at radius 3 is 2.18 bits per heavy atom. The Balaban J connectivity index is 3.88. The first-order valence-electron chi connectivity index (χ1n) is 3.76. The van der Waals surface area contributed by atoms with E-state index in [1.54, 1.807) is 0 Å². The molecule has 0 bridgehead atoms. The van der Waals surface area contributed by atoms with Gasteiger partial charge in [-0.1, -0.05) is 20.8 Å². The van der Waals surface area contributed by atoms with Gasteiger partial charge in [0.05, 0.1) is 0 Å². The van der Waals surface area contributed by atoms with Gasteiger partial charge in [-0.15, -0.1) is 0 Å². The van der Waals surface area contributed by atoms with Crippen LogP contribution in [-0.4, -0.2) is 21.8 Å².